The topological polar surface area (TPSA) is 106 Å². The number of carbonyl (C=O) groups is 1. The van der Waals surface area contributed by atoms with Crippen LogP contribution in [0, 0.1) is 11.8 Å². The fourth-order valence-electron chi connectivity index (χ4n) is 5.44. The van der Waals surface area contributed by atoms with E-state index in [1.807, 2.05) is 18.2 Å². The fraction of sp³-hybridized carbons (Fsp3) is 0.444. The van der Waals surface area contributed by atoms with Crippen molar-refractivity contribution in [3.05, 3.63) is 53.0 Å². The monoisotopic (exact) mass is 470 g/mol. The molecule has 1 amide bonds. The van der Waals surface area contributed by atoms with Gasteiger partial charge in [0.05, 0.1) is 29.2 Å². The Bertz CT molecular complexity index is 1320. The van der Waals surface area contributed by atoms with E-state index in [1.54, 1.807) is 4.90 Å². The van der Waals surface area contributed by atoms with E-state index in [0.717, 1.165) is 66.1 Å². The molecule has 6 rings (SSSR count). The molecule has 8 heteroatoms. The molecule has 1 aromatic carbocycles. The SMILES string of the molecule is C[C@@H](O)C(=O)N1CCC[C@H]1c1nc2ccc(C#CC3=CC=C4NC([C@@H]5CCCN5)=NC4C3)cc2[nH]1. The second-order valence-electron chi connectivity index (χ2n) is 9.79. The first kappa shape index (κ1) is 22.1. The van der Waals surface area contributed by atoms with Gasteiger partial charge >= 0.3 is 0 Å². The summed E-state index contributed by atoms with van der Waals surface area (Å²) in [7, 11) is 0. The van der Waals surface area contributed by atoms with Gasteiger partial charge in [-0.25, -0.2) is 4.98 Å². The molecule has 3 aliphatic heterocycles. The highest BCUT2D eigenvalue weighted by Crippen LogP contribution is 2.32. The number of aliphatic imine (C=N–C) groups is 1. The Kier molecular flexibility index (Phi) is 5.67. The molecular formula is C27H30N6O2. The third kappa shape index (κ3) is 4.26. The molecule has 1 aromatic heterocycles. The zero-order valence-electron chi connectivity index (χ0n) is 19.8. The number of amides is 1. The van der Waals surface area contributed by atoms with Gasteiger partial charge in [0.1, 0.15) is 17.8 Å². The molecule has 8 nitrogen and oxygen atoms in total. The van der Waals surface area contributed by atoms with Crippen molar-refractivity contribution >= 4 is 22.8 Å². The van der Waals surface area contributed by atoms with Gasteiger partial charge in [-0.15, -0.1) is 0 Å². The van der Waals surface area contributed by atoms with Gasteiger partial charge < -0.3 is 25.6 Å². The molecule has 4 aliphatic rings. The lowest BCUT2D eigenvalue weighted by atomic mass is 9.99. The van der Waals surface area contributed by atoms with Gasteiger partial charge in [0.2, 0.25) is 0 Å². The van der Waals surface area contributed by atoms with Crippen LogP contribution in [0.25, 0.3) is 11.0 Å². The summed E-state index contributed by atoms with van der Waals surface area (Å²) in [5.41, 5.74) is 4.91. The van der Waals surface area contributed by atoms with Crippen molar-refractivity contribution in [1.82, 2.24) is 25.5 Å². The number of fused-ring (bicyclic) bond motifs is 2. The Labute approximate surface area is 204 Å². The zero-order chi connectivity index (χ0) is 23.9. The molecule has 2 aromatic rings. The predicted molar refractivity (Wildman–Crippen MR) is 135 cm³/mol. The van der Waals surface area contributed by atoms with Gasteiger partial charge in [0, 0.05) is 29.8 Å². The maximum atomic E-state index is 12.4. The van der Waals surface area contributed by atoms with Crippen LogP contribution >= 0.6 is 0 Å². The fourth-order valence-corrected chi connectivity index (χ4v) is 5.44. The lowest BCUT2D eigenvalue weighted by Gasteiger charge is -2.24. The Morgan fingerprint density at radius 1 is 1.23 bits per heavy atom. The smallest absolute Gasteiger partial charge is 0.251 e. The molecule has 4 N–H and O–H groups in total. The number of aromatic amines is 1. The molecule has 180 valence electrons. The van der Waals surface area contributed by atoms with Crippen molar-refractivity contribution in [3.63, 3.8) is 0 Å². The second-order valence-corrected chi connectivity index (χ2v) is 9.79. The van der Waals surface area contributed by atoms with Gasteiger partial charge in [-0.3, -0.25) is 9.79 Å². The Morgan fingerprint density at radius 3 is 2.97 bits per heavy atom. The number of aromatic nitrogens is 2. The average molecular weight is 471 g/mol. The standard InChI is InChI=1S/C27H30N6O2/c1-16(34)27(35)33-13-3-5-24(33)26-30-20-11-9-18(15-23(20)32-26)7-6-17-8-10-19-22(14-17)31-25(29-19)21-4-2-12-28-21/h8-11,15-16,21-22,24,28,34H,2-5,12-14H2,1H3,(H,29,31)(H,30,32)/t16-,21+,22?,24+/m1/s1. The summed E-state index contributed by atoms with van der Waals surface area (Å²) in [4.78, 5) is 27.1. The Hall–Kier alpha value is -3.41. The van der Waals surface area contributed by atoms with Gasteiger partial charge in [0.25, 0.3) is 5.91 Å². The summed E-state index contributed by atoms with van der Waals surface area (Å²) < 4.78 is 0. The summed E-state index contributed by atoms with van der Waals surface area (Å²) in [6.45, 7) is 3.22. The van der Waals surface area contributed by atoms with Crippen LogP contribution in [-0.2, 0) is 4.79 Å². The number of aliphatic hydroxyl groups is 1. The van der Waals surface area contributed by atoms with Crippen molar-refractivity contribution in [1.29, 1.82) is 0 Å². The van der Waals surface area contributed by atoms with Gasteiger partial charge in [-0.2, -0.15) is 0 Å². The number of likely N-dealkylation sites (tertiary alicyclic amines) is 1. The molecule has 0 saturated carbocycles. The molecule has 0 radical (unpaired) electrons. The second kappa shape index (κ2) is 8.99. The van der Waals surface area contributed by atoms with Crippen LogP contribution in [0.3, 0.4) is 0 Å². The van der Waals surface area contributed by atoms with Crippen LogP contribution in [0.1, 0.15) is 56.5 Å². The maximum Gasteiger partial charge on any atom is 0.251 e. The van der Waals surface area contributed by atoms with Crippen LogP contribution in [0.5, 0.6) is 0 Å². The van der Waals surface area contributed by atoms with Crippen LogP contribution < -0.4 is 10.6 Å². The summed E-state index contributed by atoms with van der Waals surface area (Å²) in [5, 5.41) is 16.7. The van der Waals surface area contributed by atoms with E-state index in [4.69, 9.17) is 9.98 Å². The third-order valence-electron chi connectivity index (χ3n) is 7.27. The lowest BCUT2D eigenvalue weighted by molar-refractivity contribution is -0.140. The van der Waals surface area contributed by atoms with E-state index in [1.165, 1.54) is 19.0 Å². The van der Waals surface area contributed by atoms with Crippen LogP contribution in [0.15, 0.2) is 46.6 Å². The van der Waals surface area contributed by atoms with Crippen molar-refractivity contribution in [2.24, 2.45) is 4.99 Å². The predicted octanol–water partition coefficient (Wildman–Crippen LogP) is 2.29. The number of hydrogen-bond acceptors (Lipinski definition) is 6. The van der Waals surface area contributed by atoms with Crippen molar-refractivity contribution in [2.45, 2.75) is 63.3 Å². The number of carbonyl (C=O) groups excluding carboxylic acids is 1. The summed E-state index contributed by atoms with van der Waals surface area (Å²) in [6, 6.07) is 6.32. The molecular weight excluding hydrogens is 440 g/mol. The molecule has 4 heterocycles. The van der Waals surface area contributed by atoms with E-state index >= 15 is 0 Å². The molecule has 35 heavy (non-hydrogen) atoms. The highest BCUT2D eigenvalue weighted by atomic mass is 16.3. The van der Waals surface area contributed by atoms with E-state index in [9.17, 15) is 9.90 Å². The van der Waals surface area contributed by atoms with Crippen LogP contribution in [0.2, 0.25) is 0 Å². The number of amidine groups is 1. The quantitative estimate of drug-likeness (QED) is 0.515. The maximum absolute atomic E-state index is 12.4. The molecule has 2 saturated heterocycles. The number of rotatable bonds is 3. The first-order chi connectivity index (χ1) is 17.0. The minimum Gasteiger partial charge on any atom is -0.384 e. The van der Waals surface area contributed by atoms with Crippen molar-refractivity contribution < 1.29 is 9.90 Å². The van der Waals surface area contributed by atoms with Crippen LogP contribution in [0.4, 0.5) is 0 Å². The largest absolute Gasteiger partial charge is 0.384 e. The minimum atomic E-state index is -1.00. The number of nitrogens with one attached hydrogen (secondary N) is 3. The molecule has 2 fully saturated rings. The lowest BCUT2D eigenvalue weighted by Crippen LogP contribution is -2.37. The Balaban J connectivity index is 1.17. The van der Waals surface area contributed by atoms with E-state index in [-0.39, 0.29) is 18.0 Å². The zero-order valence-corrected chi connectivity index (χ0v) is 19.8. The van der Waals surface area contributed by atoms with Crippen molar-refractivity contribution in [2.75, 3.05) is 13.1 Å². The van der Waals surface area contributed by atoms with Gasteiger partial charge in [-0.1, -0.05) is 11.8 Å². The number of allylic oxidation sites excluding steroid dienone is 2. The molecule has 0 spiro atoms. The Morgan fingerprint density at radius 2 is 2.14 bits per heavy atom. The summed E-state index contributed by atoms with van der Waals surface area (Å²) in [6.07, 6.45) is 8.09. The van der Waals surface area contributed by atoms with E-state index in [2.05, 4.69) is 39.6 Å². The number of benzene rings is 1. The number of nitrogens with zero attached hydrogens (tertiary/aromatic N) is 3. The summed E-state index contributed by atoms with van der Waals surface area (Å²) >= 11 is 0. The molecule has 1 aliphatic carbocycles. The molecule has 4 atom stereocenters. The number of aliphatic hydroxyl groups excluding tert-OH is 1. The highest BCUT2D eigenvalue weighted by molar-refractivity contribution is 5.92. The van der Waals surface area contributed by atoms with Crippen molar-refractivity contribution in [3.8, 4) is 11.8 Å². The summed E-state index contributed by atoms with van der Waals surface area (Å²) in [5.74, 6) is 8.22. The van der Waals surface area contributed by atoms with Gasteiger partial charge in [-0.05, 0) is 69.5 Å². The van der Waals surface area contributed by atoms with Gasteiger partial charge in [0.15, 0.2) is 0 Å². The normalized spacial score (nSPS) is 26.4. The highest BCUT2D eigenvalue weighted by Gasteiger charge is 2.34. The first-order valence-electron chi connectivity index (χ1n) is 12.5. The third-order valence-corrected chi connectivity index (χ3v) is 7.27. The number of H-pyrrole nitrogens is 1. The molecule has 0 bridgehead atoms. The van der Waals surface area contributed by atoms with E-state index < -0.39 is 6.10 Å². The minimum absolute atomic E-state index is 0.127. The first-order valence-corrected chi connectivity index (χ1v) is 12.5. The van der Waals surface area contributed by atoms with Crippen LogP contribution in [-0.4, -0.2) is 63.0 Å². The number of hydrogen-bond donors (Lipinski definition) is 4. The average Bonchev–Trinajstić information content (AvgIpc) is 3.66. The van der Waals surface area contributed by atoms with E-state index in [0.29, 0.717) is 12.6 Å². The number of imidazole rings is 1. The molecule has 1 unspecified atom stereocenters.